The van der Waals surface area contributed by atoms with Crippen LogP contribution in [-0.2, 0) is 32.1 Å². The fourth-order valence-electron chi connectivity index (χ4n) is 3.91. The maximum atomic E-state index is 13.4. The van der Waals surface area contributed by atoms with E-state index in [1.54, 1.807) is 0 Å². The van der Waals surface area contributed by atoms with Crippen LogP contribution in [0.2, 0.25) is 0 Å². The molecule has 0 unspecified atom stereocenters. The van der Waals surface area contributed by atoms with Crippen LogP contribution in [0.5, 0.6) is 0 Å². The number of alkyl carbamates (subject to hydrolysis) is 1. The highest BCUT2D eigenvalue weighted by atomic mass is 16.5. The fourth-order valence-corrected chi connectivity index (χ4v) is 3.91. The normalized spacial score (nSPS) is 13.2. The van der Waals surface area contributed by atoms with Gasteiger partial charge in [-0.05, 0) is 49.3 Å². The molecule has 0 spiro atoms. The second-order valence-corrected chi connectivity index (χ2v) is 9.67. The monoisotopic (exact) mass is 524 g/mol. The Balaban J connectivity index is 2.10. The summed E-state index contributed by atoms with van der Waals surface area (Å²) in [5, 5.41) is 8.16. The van der Waals surface area contributed by atoms with E-state index in [1.807, 2.05) is 74.5 Å². The number of nitrogens with two attached hydrogens (primary N) is 1. The van der Waals surface area contributed by atoms with Crippen LogP contribution in [0.4, 0.5) is 4.79 Å². The molecule has 9 nitrogen and oxygen atoms in total. The Morgan fingerprint density at radius 2 is 1.45 bits per heavy atom. The van der Waals surface area contributed by atoms with Gasteiger partial charge in [0.2, 0.25) is 11.8 Å². The van der Waals surface area contributed by atoms with Crippen molar-refractivity contribution in [3.8, 4) is 0 Å². The zero-order valence-corrected chi connectivity index (χ0v) is 22.2. The highest BCUT2D eigenvalue weighted by Crippen LogP contribution is 2.10. The largest absolute Gasteiger partial charge is 0.445 e. The third-order valence-corrected chi connectivity index (χ3v) is 5.91. The van der Waals surface area contributed by atoms with Crippen LogP contribution in [0.1, 0.15) is 50.7 Å². The Morgan fingerprint density at radius 1 is 0.842 bits per heavy atom. The van der Waals surface area contributed by atoms with E-state index in [9.17, 15) is 19.2 Å². The highest BCUT2D eigenvalue weighted by Gasteiger charge is 2.29. The van der Waals surface area contributed by atoms with Crippen molar-refractivity contribution in [1.82, 2.24) is 16.0 Å². The summed E-state index contributed by atoms with van der Waals surface area (Å²) in [6, 6.07) is 16.0. The maximum absolute atomic E-state index is 13.4. The molecular weight excluding hydrogens is 484 g/mol. The number of carbonyl (C=O) groups is 4. The first kappa shape index (κ1) is 30.5. The number of benzene rings is 2. The zero-order valence-electron chi connectivity index (χ0n) is 22.2. The summed E-state index contributed by atoms with van der Waals surface area (Å²) in [5.41, 5.74) is 7.17. The molecule has 38 heavy (non-hydrogen) atoms. The number of nitrogens with one attached hydrogen (secondary N) is 3. The lowest BCUT2D eigenvalue weighted by molar-refractivity contribution is -0.131. The van der Waals surface area contributed by atoms with Crippen molar-refractivity contribution < 1.29 is 23.9 Å². The van der Waals surface area contributed by atoms with Crippen LogP contribution in [0.15, 0.2) is 60.7 Å². The van der Waals surface area contributed by atoms with Crippen LogP contribution < -0.4 is 21.7 Å². The average Bonchev–Trinajstić information content (AvgIpc) is 2.91. The Morgan fingerprint density at radius 3 is 2.03 bits per heavy atom. The number of aldehydes is 1. The zero-order chi connectivity index (χ0) is 27.8. The van der Waals surface area contributed by atoms with Crippen molar-refractivity contribution >= 4 is 24.2 Å². The van der Waals surface area contributed by atoms with Gasteiger partial charge in [-0.2, -0.15) is 0 Å². The van der Waals surface area contributed by atoms with Crippen LogP contribution in [0.25, 0.3) is 0 Å². The van der Waals surface area contributed by atoms with Crippen molar-refractivity contribution in [2.24, 2.45) is 11.7 Å². The summed E-state index contributed by atoms with van der Waals surface area (Å²) in [4.78, 5) is 50.5. The van der Waals surface area contributed by atoms with Gasteiger partial charge >= 0.3 is 6.09 Å². The molecule has 0 saturated carbocycles. The number of ether oxygens (including phenoxy) is 1. The second kappa shape index (κ2) is 16.9. The van der Waals surface area contributed by atoms with Crippen molar-refractivity contribution in [1.29, 1.82) is 0 Å². The highest BCUT2D eigenvalue weighted by molar-refractivity contribution is 5.92. The van der Waals surface area contributed by atoms with Crippen LogP contribution in [0, 0.1) is 5.92 Å². The van der Waals surface area contributed by atoms with E-state index in [2.05, 4.69) is 16.0 Å². The maximum Gasteiger partial charge on any atom is 0.408 e. The number of hydrogen-bond acceptors (Lipinski definition) is 6. The van der Waals surface area contributed by atoms with E-state index in [0.717, 1.165) is 17.5 Å². The molecule has 2 aromatic rings. The third-order valence-electron chi connectivity index (χ3n) is 5.91. The summed E-state index contributed by atoms with van der Waals surface area (Å²) in [7, 11) is 0. The number of amides is 3. The molecule has 9 heteroatoms. The van der Waals surface area contributed by atoms with Gasteiger partial charge < -0.3 is 31.2 Å². The van der Waals surface area contributed by atoms with Gasteiger partial charge in [0.05, 0.1) is 6.04 Å². The predicted molar refractivity (Wildman–Crippen MR) is 146 cm³/mol. The Bertz CT molecular complexity index is 1000. The van der Waals surface area contributed by atoms with Crippen LogP contribution in [0.3, 0.4) is 0 Å². The average molecular weight is 525 g/mol. The second-order valence-electron chi connectivity index (χ2n) is 9.67. The van der Waals surface area contributed by atoms with Gasteiger partial charge in [-0.1, -0.05) is 74.5 Å². The van der Waals surface area contributed by atoms with E-state index in [-0.39, 0.29) is 18.9 Å². The molecule has 0 bridgehead atoms. The molecular formula is C29H40N4O5. The van der Waals surface area contributed by atoms with Gasteiger partial charge in [-0.25, -0.2) is 4.79 Å². The molecule has 0 aliphatic heterocycles. The van der Waals surface area contributed by atoms with Crippen molar-refractivity contribution in [3.05, 3.63) is 71.8 Å². The number of rotatable bonds is 16. The van der Waals surface area contributed by atoms with Gasteiger partial charge in [-0.15, -0.1) is 0 Å². The van der Waals surface area contributed by atoms with Crippen molar-refractivity contribution in [2.75, 3.05) is 6.54 Å². The molecule has 206 valence electrons. The van der Waals surface area contributed by atoms with Gasteiger partial charge in [0.15, 0.2) is 0 Å². The molecule has 5 N–H and O–H groups in total. The molecule has 0 radical (unpaired) electrons. The number of carbonyl (C=O) groups excluding carboxylic acids is 4. The Labute approximate surface area is 224 Å². The van der Waals surface area contributed by atoms with Gasteiger partial charge in [-0.3, -0.25) is 9.59 Å². The Kier molecular flexibility index (Phi) is 13.6. The summed E-state index contributed by atoms with van der Waals surface area (Å²) in [5.74, 6) is -0.867. The van der Waals surface area contributed by atoms with Gasteiger partial charge in [0.25, 0.3) is 0 Å². The van der Waals surface area contributed by atoms with Gasteiger partial charge in [0, 0.05) is 6.42 Å². The molecule has 3 amide bonds. The molecule has 0 heterocycles. The van der Waals surface area contributed by atoms with Crippen LogP contribution >= 0.6 is 0 Å². The number of unbranched alkanes of at least 4 members (excludes halogenated alkanes) is 1. The standard InChI is InChI=1S/C29H40N4O5/c1-21(2)17-25(27(35)31-24(19-34)15-9-10-16-30)32-28(36)26(18-22-11-5-3-6-12-22)33-29(37)38-20-23-13-7-4-8-14-23/h3-8,11-14,19,21,24-26H,9-10,15-18,20,30H2,1-2H3,(H,31,35)(H,32,36)(H,33,37)/t24-,25-,26-/m0/s1. The molecule has 0 fully saturated rings. The molecule has 0 aliphatic rings. The topological polar surface area (TPSA) is 140 Å². The molecule has 3 atom stereocenters. The summed E-state index contributed by atoms with van der Waals surface area (Å²) >= 11 is 0. The Hall–Kier alpha value is -3.72. The van der Waals surface area contributed by atoms with Gasteiger partial charge in [0.1, 0.15) is 25.0 Å². The fraction of sp³-hybridized carbons (Fsp3) is 0.448. The summed E-state index contributed by atoms with van der Waals surface area (Å²) in [6.45, 7) is 4.44. The van der Waals surface area contributed by atoms with E-state index in [4.69, 9.17) is 10.5 Å². The minimum atomic E-state index is -0.977. The molecule has 2 aromatic carbocycles. The van der Waals surface area contributed by atoms with Crippen molar-refractivity contribution in [3.63, 3.8) is 0 Å². The molecule has 2 rings (SSSR count). The number of hydrogen-bond donors (Lipinski definition) is 4. The van der Waals surface area contributed by atoms with Crippen LogP contribution in [-0.4, -0.2) is 48.9 Å². The molecule has 0 aromatic heterocycles. The minimum Gasteiger partial charge on any atom is -0.445 e. The first-order valence-corrected chi connectivity index (χ1v) is 13.1. The lowest BCUT2D eigenvalue weighted by atomic mass is 10.0. The van der Waals surface area contributed by atoms with E-state index < -0.39 is 36.0 Å². The first-order valence-electron chi connectivity index (χ1n) is 13.1. The quantitative estimate of drug-likeness (QED) is 0.197. The van der Waals surface area contributed by atoms with Crippen molar-refractivity contribution in [2.45, 2.75) is 70.7 Å². The lowest BCUT2D eigenvalue weighted by Crippen LogP contribution is -2.56. The predicted octanol–water partition coefficient (Wildman–Crippen LogP) is 2.87. The molecule has 0 saturated heterocycles. The first-order chi connectivity index (χ1) is 18.3. The lowest BCUT2D eigenvalue weighted by Gasteiger charge is -2.25. The smallest absolute Gasteiger partial charge is 0.408 e. The SMILES string of the molecule is CC(C)C[C@H](NC(=O)[C@H](Cc1ccccc1)NC(=O)OCc1ccccc1)C(=O)N[C@H](C=O)CCCCN. The van der Waals surface area contributed by atoms with E-state index in [0.29, 0.717) is 32.1 Å². The van der Waals surface area contributed by atoms with E-state index >= 15 is 0 Å². The summed E-state index contributed by atoms with van der Waals surface area (Å²) in [6.07, 6.45) is 2.46. The molecule has 0 aliphatic carbocycles. The third kappa shape index (κ3) is 11.6. The van der Waals surface area contributed by atoms with E-state index in [1.165, 1.54) is 0 Å². The minimum absolute atomic E-state index is 0.0575. The summed E-state index contributed by atoms with van der Waals surface area (Å²) < 4.78 is 5.32.